The lowest BCUT2D eigenvalue weighted by Crippen LogP contribution is -2.48. The van der Waals surface area contributed by atoms with Crippen LogP contribution in [0.3, 0.4) is 0 Å². The molecule has 0 atom stereocenters. The number of nitrogens with zero attached hydrogens (tertiary/aromatic N) is 1. The van der Waals surface area contributed by atoms with E-state index in [1.807, 2.05) is 6.07 Å². The summed E-state index contributed by atoms with van der Waals surface area (Å²) in [5, 5.41) is 6.99. The third-order valence-corrected chi connectivity index (χ3v) is 4.29. The molecule has 0 unspecified atom stereocenters. The second-order valence-electron chi connectivity index (χ2n) is 5.38. The minimum atomic E-state index is -0.189. The van der Waals surface area contributed by atoms with E-state index in [2.05, 4.69) is 33.5 Å². The number of aromatic nitrogens is 1. The summed E-state index contributed by atoms with van der Waals surface area (Å²) in [6, 6.07) is 9.20. The number of rotatable bonds is 0. The second kappa shape index (κ2) is 3.84. The number of benzene rings is 1. The highest BCUT2D eigenvalue weighted by Gasteiger charge is 2.39. The van der Waals surface area contributed by atoms with Gasteiger partial charge in [-0.1, -0.05) is 0 Å². The van der Waals surface area contributed by atoms with Gasteiger partial charge in [0.15, 0.2) is 0 Å². The number of hydrogen-bond acceptors (Lipinski definition) is 2. The van der Waals surface area contributed by atoms with Gasteiger partial charge in [0.25, 0.3) is 0 Å². The minimum Gasteiger partial charge on any atom is -0.372 e. The standard InChI is InChI=1S/C15H16FN3/c16-11-3-4-13-12(10-11)18-15(5-7-17-8-6-15)14-2-1-9-19(13)14/h1-4,9-10,17-18H,5-8H2. The second-order valence-corrected chi connectivity index (χ2v) is 5.38. The molecule has 0 aliphatic carbocycles. The average Bonchev–Trinajstić information content (AvgIpc) is 2.90. The molecule has 2 aliphatic rings. The maximum Gasteiger partial charge on any atom is 0.125 e. The van der Waals surface area contributed by atoms with Crippen LogP contribution in [0, 0.1) is 5.82 Å². The van der Waals surface area contributed by atoms with Crippen molar-refractivity contribution in [1.82, 2.24) is 9.88 Å². The van der Waals surface area contributed by atoms with Crippen molar-refractivity contribution < 1.29 is 4.39 Å². The van der Waals surface area contributed by atoms with Crippen molar-refractivity contribution in [2.45, 2.75) is 18.4 Å². The molecule has 1 aromatic carbocycles. The Morgan fingerprint density at radius 1 is 1.16 bits per heavy atom. The molecule has 98 valence electrons. The summed E-state index contributed by atoms with van der Waals surface area (Å²) in [6.07, 6.45) is 4.11. The first-order chi connectivity index (χ1) is 9.28. The van der Waals surface area contributed by atoms with E-state index in [9.17, 15) is 4.39 Å². The zero-order valence-corrected chi connectivity index (χ0v) is 10.6. The molecule has 0 bridgehead atoms. The Kier molecular flexibility index (Phi) is 2.23. The van der Waals surface area contributed by atoms with E-state index in [-0.39, 0.29) is 11.4 Å². The highest BCUT2D eigenvalue weighted by Crippen LogP contribution is 2.42. The van der Waals surface area contributed by atoms with Crippen molar-refractivity contribution >= 4 is 5.69 Å². The third kappa shape index (κ3) is 1.53. The summed E-state index contributed by atoms with van der Waals surface area (Å²) in [4.78, 5) is 0. The summed E-state index contributed by atoms with van der Waals surface area (Å²) in [5.74, 6) is -0.189. The van der Waals surface area contributed by atoms with Crippen LogP contribution in [0.2, 0.25) is 0 Å². The predicted octanol–water partition coefficient (Wildman–Crippen LogP) is 2.62. The van der Waals surface area contributed by atoms with Gasteiger partial charge in [-0.05, 0) is 56.3 Å². The van der Waals surface area contributed by atoms with E-state index in [1.165, 1.54) is 11.8 Å². The van der Waals surface area contributed by atoms with Crippen molar-refractivity contribution in [2.75, 3.05) is 18.4 Å². The zero-order chi connectivity index (χ0) is 12.9. The lowest BCUT2D eigenvalue weighted by molar-refractivity contribution is 0.330. The summed E-state index contributed by atoms with van der Waals surface area (Å²) in [6.45, 7) is 1.98. The van der Waals surface area contributed by atoms with E-state index in [1.54, 1.807) is 6.07 Å². The van der Waals surface area contributed by atoms with Crippen LogP contribution in [0.4, 0.5) is 10.1 Å². The fourth-order valence-corrected chi connectivity index (χ4v) is 3.36. The van der Waals surface area contributed by atoms with E-state index in [0.29, 0.717) is 0 Å². The SMILES string of the molecule is Fc1ccc2c(c1)NC1(CCNCC1)c1cccn1-2. The number of piperidine rings is 1. The van der Waals surface area contributed by atoms with Crippen LogP contribution in [-0.4, -0.2) is 17.7 Å². The fourth-order valence-electron chi connectivity index (χ4n) is 3.36. The van der Waals surface area contributed by atoms with Crippen LogP contribution >= 0.6 is 0 Å². The molecule has 0 amide bonds. The topological polar surface area (TPSA) is 29.0 Å². The van der Waals surface area contributed by atoms with Crippen LogP contribution in [-0.2, 0) is 5.54 Å². The van der Waals surface area contributed by atoms with Crippen molar-refractivity contribution in [3.8, 4) is 5.69 Å². The Bertz CT molecular complexity index is 626. The van der Waals surface area contributed by atoms with E-state index >= 15 is 0 Å². The van der Waals surface area contributed by atoms with Crippen LogP contribution in [0.25, 0.3) is 5.69 Å². The van der Waals surface area contributed by atoms with E-state index in [4.69, 9.17) is 0 Å². The van der Waals surface area contributed by atoms with E-state index < -0.39 is 0 Å². The third-order valence-electron chi connectivity index (χ3n) is 4.29. The molecule has 2 aromatic rings. The van der Waals surface area contributed by atoms with Crippen molar-refractivity contribution in [2.24, 2.45) is 0 Å². The highest BCUT2D eigenvalue weighted by molar-refractivity contribution is 5.67. The molecule has 1 saturated heterocycles. The Labute approximate surface area is 111 Å². The van der Waals surface area contributed by atoms with Gasteiger partial charge in [-0.2, -0.15) is 0 Å². The molecule has 3 nitrogen and oxygen atoms in total. The normalized spacial score (nSPS) is 19.6. The van der Waals surface area contributed by atoms with Gasteiger partial charge in [0.1, 0.15) is 5.82 Å². The van der Waals surface area contributed by atoms with Crippen LogP contribution in [0.1, 0.15) is 18.5 Å². The highest BCUT2D eigenvalue weighted by atomic mass is 19.1. The molecule has 2 aliphatic heterocycles. The first-order valence-corrected chi connectivity index (χ1v) is 6.75. The summed E-state index contributed by atoms with van der Waals surface area (Å²) in [7, 11) is 0. The summed E-state index contributed by atoms with van der Waals surface area (Å²) < 4.78 is 15.7. The maximum atomic E-state index is 13.5. The zero-order valence-electron chi connectivity index (χ0n) is 10.6. The first-order valence-electron chi connectivity index (χ1n) is 6.75. The number of nitrogens with one attached hydrogen (secondary N) is 2. The Morgan fingerprint density at radius 2 is 2.00 bits per heavy atom. The quantitative estimate of drug-likeness (QED) is 0.759. The molecule has 4 heteroatoms. The van der Waals surface area contributed by atoms with Gasteiger partial charge in [-0.15, -0.1) is 0 Å². The Balaban J connectivity index is 1.92. The predicted molar refractivity (Wildman–Crippen MR) is 73.1 cm³/mol. The van der Waals surface area contributed by atoms with Gasteiger partial charge in [-0.25, -0.2) is 4.39 Å². The molecule has 1 spiro atoms. The van der Waals surface area contributed by atoms with Gasteiger partial charge < -0.3 is 15.2 Å². The van der Waals surface area contributed by atoms with Crippen LogP contribution in [0.5, 0.6) is 0 Å². The number of halogens is 1. The lowest BCUT2D eigenvalue weighted by atomic mass is 9.83. The maximum absolute atomic E-state index is 13.5. The summed E-state index contributed by atoms with van der Waals surface area (Å²) >= 11 is 0. The molecular weight excluding hydrogens is 241 g/mol. The van der Waals surface area contributed by atoms with Crippen LogP contribution in [0.15, 0.2) is 36.5 Å². The Hall–Kier alpha value is -1.81. The molecule has 2 N–H and O–H groups in total. The van der Waals surface area contributed by atoms with Gasteiger partial charge in [-0.3, -0.25) is 0 Å². The molecule has 0 saturated carbocycles. The molecule has 19 heavy (non-hydrogen) atoms. The number of fused-ring (bicyclic) bond motifs is 4. The van der Waals surface area contributed by atoms with Crippen molar-refractivity contribution in [3.05, 3.63) is 48.0 Å². The Morgan fingerprint density at radius 3 is 2.84 bits per heavy atom. The van der Waals surface area contributed by atoms with E-state index in [0.717, 1.165) is 37.3 Å². The first kappa shape index (κ1) is 11.1. The van der Waals surface area contributed by atoms with Gasteiger partial charge in [0.05, 0.1) is 16.9 Å². The lowest BCUT2D eigenvalue weighted by Gasteiger charge is -2.43. The smallest absolute Gasteiger partial charge is 0.125 e. The molecular formula is C15H16FN3. The van der Waals surface area contributed by atoms with Gasteiger partial charge in [0, 0.05) is 11.9 Å². The van der Waals surface area contributed by atoms with Crippen molar-refractivity contribution in [3.63, 3.8) is 0 Å². The summed E-state index contributed by atoms with van der Waals surface area (Å²) in [5.41, 5.74) is 3.15. The van der Waals surface area contributed by atoms with Crippen molar-refractivity contribution in [1.29, 1.82) is 0 Å². The minimum absolute atomic E-state index is 0.0600. The average molecular weight is 257 g/mol. The molecule has 4 rings (SSSR count). The largest absolute Gasteiger partial charge is 0.372 e. The van der Waals surface area contributed by atoms with Gasteiger partial charge >= 0.3 is 0 Å². The number of anilines is 1. The van der Waals surface area contributed by atoms with Gasteiger partial charge in [0.2, 0.25) is 0 Å². The molecule has 0 radical (unpaired) electrons. The monoisotopic (exact) mass is 257 g/mol. The number of hydrogen-bond donors (Lipinski definition) is 2. The fraction of sp³-hybridized carbons (Fsp3) is 0.333. The molecule has 1 aromatic heterocycles. The van der Waals surface area contributed by atoms with Crippen LogP contribution < -0.4 is 10.6 Å². The molecule has 1 fully saturated rings. The molecule has 3 heterocycles.